The van der Waals surface area contributed by atoms with Crippen LogP contribution in [0.5, 0.6) is 0 Å². The molecule has 0 amide bonds. The Labute approximate surface area is 606 Å². The number of pyridine rings is 3. The van der Waals surface area contributed by atoms with Crippen molar-refractivity contribution in [1.82, 2.24) is 29.9 Å². The molecule has 1 aliphatic rings. The van der Waals surface area contributed by atoms with E-state index in [1.807, 2.05) is 27.7 Å². The standard InChI is InChI=1S/C19H17ClF2N2O4S.C19H15ClF2N2O4S.C14H8BrClF2N2O2S.C11H19BO4.4CH4/c2*1-2-28-18(25)6-3-11-7-14(21)16(24-19(11)22)10-29(26,27)17-9-23-15-8-12(20)4-5-13(15)17;15-9-4-10(17)12(20-14(9)18)6-23(21,22)13-5-19-11-3-7(16)1-2-8(11)13;1-6-14-9(13)7-8-12-15-10(2,3)11(4,5)16-12;;;;/h4-5,7-9,23H,2-3,6,10H2,1H3;3-9,23H,2,10H2,1H3;1-5,19H,6H2;7-8H,6H2,1-5H3;4*1H4/b;6-3+;;8-7+;;;;. The lowest BCUT2D eigenvalue weighted by atomic mass is 9.90. The molecule has 0 radical (unpaired) electrons. The van der Waals surface area contributed by atoms with Crippen molar-refractivity contribution in [3.63, 3.8) is 0 Å². The highest BCUT2D eigenvalue weighted by Gasteiger charge is 2.50. The van der Waals surface area contributed by atoms with Gasteiger partial charge in [-0.1, -0.05) is 82.7 Å². The number of halogens is 10. The second-order valence-corrected chi connectivity index (χ2v) is 29.8. The van der Waals surface area contributed by atoms with E-state index in [1.165, 1.54) is 48.9 Å². The quantitative estimate of drug-likeness (QED) is 0.0169. The molecule has 1 fully saturated rings. The Kier molecular flexibility index (Phi) is 32.1. The van der Waals surface area contributed by atoms with Gasteiger partial charge in [-0.15, -0.1) is 0 Å². The minimum Gasteiger partial charge on any atom is -0.466 e. The number of aromatic amines is 3. The highest BCUT2D eigenvalue weighted by atomic mass is 79.9. The molecule has 0 atom stereocenters. The highest BCUT2D eigenvalue weighted by molar-refractivity contribution is 9.10. The molecular formula is C67H75BBrCl3F6N6O14S3. The van der Waals surface area contributed by atoms with Gasteiger partial charge >= 0.3 is 25.0 Å². The van der Waals surface area contributed by atoms with E-state index in [0.717, 1.165) is 30.4 Å². The monoisotopic (exact) mass is 1590 g/mol. The van der Waals surface area contributed by atoms with Crippen LogP contribution in [0.15, 0.2) is 129 Å². The van der Waals surface area contributed by atoms with Crippen molar-refractivity contribution in [3.05, 3.63) is 193 Å². The lowest BCUT2D eigenvalue weighted by Gasteiger charge is -2.32. The summed E-state index contributed by atoms with van der Waals surface area (Å²) in [6.07, 6.45) is 6.86. The summed E-state index contributed by atoms with van der Waals surface area (Å²) in [4.78, 5) is 52.3. The number of aryl methyl sites for hydroxylation is 1. The number of carbonyl (C=O) groups excluding carboxylic acids is 3. The molecule has 0 spiro atoms. The molecule has 101 heavy (non-hydrogen) atoms. The first-order valence-corrected chi connectivity index (χ1v) is 35.7. The Balaban J connectivity index is 0.000000353. The van der Waals surface area contributed by atoms with E-state index in [4.69, 9.17) is 53.6 Å². The van der Waals surface area contributed by atoms with Crippen molar-refractivity contribution in [1.29, 1.82) is 0 Å². The number of nitrogens with one attached hydrogen (secondary N) is 3. The average molecular weight is 1600 g/mol. The Morgan fingerprint density at radius 3 is 1.31 bits per heavy atom. The third-order valence-electron chi connectivity index (χ3n) is 14.4. The molecule has 20 nitrogen and oxygen atoms in total. The van der Waals surface area contributed by atoms with Crippen molar-refractivity contribution >= 4 is 144 Å². The molecule has 9 aromatic rings. The number of H-pyrrole nitrogens is 3. The Morgan fingerprint density at radius 2 is 0.901 bits per heavy atom. The number of hydrogen-bond donors (Lipinski definition) is 3. The summed E-state index contributed by atoms with van der Waals surface area (Å²) in [5.41, 5.74) is -1.24. The minimum atomic E-state index is -4.03. The molecule has 0 unspecified atom stereocenters. The first kappa shape index (κ1) is 87.6. The van der Waals surface area contributed by atoms with Crippen molar-refractivity contribution in [2.45, 2.75) is 134 Å². The van der Waals surface area contributed by atoms with Crippen molar-refractivity contribution in [2.75, 3.05) is 19.8 Å². The third-order valence-corrected chi connectivity index (χ3v) is 20.6. The van der Waals surface area contributed by atoms with Gasteiger partial charge in [0.2, 0.25) is 17.8 Å². The van der Waals surface area contributed by atoms with Gasteiger partial charge in [-0.05, 0) is 137 Å². The first-order valence-electron chi connectivity index (χ1n) is 28.9. The van der Waals surface area contributed by atoms with Crippen LogP contribution in [0.25, 0.3) is 38.8 Å². The fraction of sp³-hybridized carbons (Fsp3) is 0.313. The SMILES string of the molecule is C.C.C.C.CCOC(=O)/C=C/B1OC(C)(C)C(C)(C)O1.CCOC(=O)/C=C/c1cc(F)c(CS(=O)(=O)c2c[nH]c3cc(Cl)ccc23)nc1F.CCOC(=O)CCc1cc(F)c(CS(=O)(=O)c2c[nH]c3cc(Cl)ccc23)nc1F.O=S(=O)(Cc1nc(F)c(Br)cc1F)c1c[nH]c2cc(Cl)ccc12. The predicted molar refractivity (Wildman–Crippen MR) is 382 cm³/mol. The van der Waals surface area contributed by atoms with Crippen molar-refractivity contribution in [2.24, 2.45) is 0 Å². The van der Waals surface area contributed by atoms with Crippen LogP contribution < -0.4 is 0 Å². The highest BCUT2D eigenvalue weighted by Crippen LogP contribution is 2.37. The molecule has 3 aromatic carbocycles. The summed E-state index contributed by atoms with van der Waals surface area (Å²) in [7, 11) is -12.5. The number of aromatic nitrogens is 6. The van der Waals surface area contributed by atoms with E-state index in [0.29, 0.717) is 54.4 Å². The largest absolute Gasteiger partial charge is 0.487 e. The number of nitrogens with zero attached hydrogens (tertiary/aromatic N) is 3. The molecule has 548 valence electrons. The number of hydrogen-bond acceptors (Lipinski definition) is 17. The zero-order valence-electron chi connectivity index (χ0n) is 52.3. The van der Waals surface area contributed by atoms with Gasteiger partial charge in [0.25, 0.3) is 0 Å². The number of rotatable bonds is 19. The van der Waals surface area contributed by atoms with E-state index < -0.39 is 118 Å². The van der Waals surface area contributed by atoms with Gasteiger partial charge in [-0.3, -0.25) is 4.79 Å². The smallest absolute Gasteiger partial charge is 0.466 e. The van der Waals surface area contributed by atoms with E-state index in [-0.39, 0.29) is 103 Å². The van der Waals surface area contributed by atoms with Crippen LogP contribution in [-0.4, -0.2) is 111 Å². The number of ether oxygens (including phenoxy) is 3. The fourth-order valence-corrected chi connectivity index (χ4v) is 14.2. The van der Waals surface area contributed by atoms with E-state index >= 15 is 0 Å². The molecule has 0 aliphatic carbocycles. The second kappa shape index (κ2) is 37.0. The summed E-state index contributed by atoms with van der Waals surface area (Å²) in [5.74, 6) is -8.45. The lowest BCUT2D eigenvalue weighted by Crippen LogP contribution is -2.41. The average Bonchev–Trinajstić information content (AvgIpc) is 1.72. The van der Waals surface area contributed by atoms with Crippen LogP contribution in [-0.2, 0) is 91.1 Å². The number of sulfone groups is 3. The van der Waals surface area contributed by atoms with Gasteiger partial charge in [0.1, 0.15) is 34.7 Å². The zero-order chi connectivity index (χ0) is 71.5. The van der Waals surface area contributed by atoms with E-state index in [2.05, 4.69) is 50.6 Å². The Morgan fingerprint density at radius 1 is 0.535 bits per heavy atom. The third kappa shape index (κ3) is 22.7. The van der Waals surface area contributed by atoms with Crippen LogP contribution in [0, 0.1) is 35.3 Å². The summed E-state index contributed by atoms with van der Waals surface area (Å²) < 4.78 is 186. The number of carbonyl (C=O) groups is 3. The van der Waals surface area contributed by atoms with Gasteiger partial charge in [0.05, 0.1) is 67.3 Å². The normalized spacial score (nSPS) is 13.1. The number of benzene rings is 3. The topological polar surface area (TPSA) is 286 Å². The van der Waals surface area contributed by atoms with Crippen molar-refractivity contribution < 1.29 is 89.5 Å². The molecule has 3 N–H and O–H groups in total. The van der Waals surface area contributed by atoms with Crippen LogP contribution in [0.2, 0.25) is 15.1 Å². The van der Waals surface area contributed by atoms with Crippen LogP contribution in [0.3, 0.4) is 0 Å². The summed E-state index contributed by atoms with van der Waals surface area (Å²) >= 11 is 20.4. The van der Waals surface area contributed by atoms with Gasteiger partial charge in [0.15, 0.2) is 29.5 Å². The molecule has 6 aromatic heterocycles. The summed E-state index contributed by atoms with van der Waals surface area (Å²) in [6, 6.07) is 16.4. The lowest BCUT2D eigenvalue weighted by molar-refractivity contribution is -0.143. The minimum absolute atomic E-state index is 0. The second-order valence-electron chi connectivity index (χ2n) is 21.8. The van der Waals surface area contributed by atoms with Gasteiger partial charge in [0, 0.05) is 96.1 Å². The van der Waals surface area contributed by atoms with E-state index in [9.17, 15) is 66.0 Å². The molecular weight excluding hydrogens is 1520 g/mol. The predicted octanol–water partition coefficient (Wildman–Crippen LogP) is 16.5. The van der Waals surface area contributed by atoms with Crippen LogP contribution in [0.4, 0.5) is 26.3 Å². The van der Waals surface area contributed by atoms with Crippen molar-refractivity contribution in [3.8, 4) is 0 Å². The number of fused-ring (bicyclic) bond motifs is 3. The molecule has 1 saturated heterocycles. The number of esters is 3. The van der Waals surface area contributed by atoms with Gasteiger partial charge in [-0.2, -0.15) is 13.2 Å². The van der Waals surface area contributed by atoms with Gasteiger partial charge < -0.3 is 38.5 Å². The van der Waals surface area contributed by atoms with Crippen LogP contribution >= 0.6 is 50.7 Å². The van der Waals surface area contributed by atoms with Gasteiger partial charge in [-0.25, -0.2) is 63.0 Å². The summed E-state index contributed by atoms with van der Waals surface area (Å²) in [6.45, 7) is 13.5. The summed E-state index contributed by atoms with van der Waals surface area (Å²) in [5, 5.41) is 2.49. The Hall–Kier alpha value is -7.62. The molecule has 34 heteroatoms. The maximum Gasteiger partial charge on any atom is 0.487 e. The maximum absolute atomic E-state index is 14.4. The Bertz CT molecular complexity index is 4860. The maximum atomic E-state index is 14.4. The van der Waals surface area contributed by atoms with E-state index in [1.54, 1.807) is 57.1 Å². The molecule has 0 bridgehead atoms. The first-order chi connectivity index (χ1) is 45.5. The molecule has 0 saturated carbocycles. The van der Waals surface area contributed by atoms with Crippen LogP contribution in [0.1, 0.15) is 113 Å². The molecule has 7 heterocycles. The molecule has 10 rings (SSSR count). The molecule has 1 aliphatic heterocycles. The fourth-order valence-electron chi connectivity index (χ4n) is 9.02. The zero-order valence-corrected chi connectivity index (χ0v) is 58.6.